The van der Waals surface area contributed by atoms with Crippen molar-refractivity contribution in [2.24, 2.45) is 7.05 Å². The van der Waals surface area contributed by atoms with E-state index in [1.54, 1.807) is 0 Å². The van der Waals surface area contributed by atoms with E-state index in [1.165, 1.54) is 24.1 Å². The lowest BCUT2D eigenvalue weighted by atomic mass is 9.95. The Morgan fingerprint density at radius 2 is 2.00 bits per heavy atom. The molecular formula is C15H21N5O. The molecule has 112 valence electrons. The number of fused-ring (bicyclic) bond motifs is 1. The third-order valence-electron chi connectivity index (χ3n) is 4.64. The van der Waals surface area contributed by atoms with Crippen LogP contribution < -0.4 is 0 Å². The molecule has 0 amide bonds. The summed E-state index contributed by atoms with van der Waals surface area (Å²) >= 11 is 0. The minimum Gasteiger partial charge on any atom is -0.381 e. The van der Waals surface area contributed by atoms with E-state index in [-0.39, 0.29) is 0 Å². The molecule has 1 fully saturated rings. The number of ether oxygens (including phenoxy) is 1. The van der Waals surface area contributed by atoms with Crippen molar-refractivity contribution in [3.63, 3.8) is 0 Å². The molecule has 0 spiro atoms. The molecule has 0 atom stereocenters. The van der Waals surface area contributed by atoms with Gasteiger partial charge in [-0.1, -0.05) is 5.21 Å². The number of aromatic nitrogens is 5. The van der Waals surface area contributed by atoms with Crippen LogP contribution in [0.2, 0.25) is 0 Å². The maximum atomic E-state index is 5.42. The van der Waals surface area contributed by atoms with Gasteiger partial charge in [-0.05, 0) is 38.5 Å². The Morgan fingerprint density at radius 3 is 2.86 bits per heavy atom. The van der Waals surface area contributed by atoms with Crippen molar-refractivity contribution in [2.75, 3.05) is 13.2 Å². The van der Waals surface area contributed by atoms with Crippen molar-refractivity contribution in [2.45, 2.75) is 44.6 Å². The van der Waals surface area contributed by atoms with E-state index in [2.05, 4.69) is 21.6 Å². The molecule has 2 aliphatic rings. The highest BCUT2D eigenvalue weighted by Gasteiger charge is 2.23. The molecule has 1 saturated heterocycles. The summed E-state index contributed by atoms with van der Waals surface area (Å²) in [5, 5.41) is 13.4. The maximum absolute atomic E-state index is 5.42. The van der Waals surface area contributed by atoms with Gasteiger partial charge in [-0.15, -0.1) is 5.10 Å². The molecule has 21 heavy (non-hydrogen) atoms. The fraction of sp³-hybridized carbons (Fsp3) is 0.667. The highest BCUT2D eigenvalue weighted by atomic mass is 16.5. The van der Waals surface area contributed by atoms with Crippen LogP contribution in [0, 0.1) is 0 Å². The molecule has 0 saturated carbocycles. The minimum absolute atomic E-state index is 0.420. The molecule has 4 rings (SSSR count). The normalized spacial score (nSPS) is 19.7. The first-order chi connectivity index (χ1) is 10.3. The van der Waals surface area contributed by atoms with Gasteiger partial charge in [-0.3, -0.25) is 4.68 Å². The van der Waals surface area contributed by atoms with E-state index >= 15 is 0 Å². The summed E-state index contributed by atoms with van der Waals surface area (Å²) in [4.78, 5) is 0. The van der Waals surface area contributed by atoms with Crippen molar-refractivity contribution in [3.05, 3.63) is 17.5 Å². The Kier molecular flexibility index (Phi) is 3.25. The smallest absolute Gasteiger partial charge is 0.131 e. The lowest BCUT2D eigenvalue weighted by Gasteiger charge is -2.21. The van der Waals surface area contributed by atoms with Crippen LogP contribution >= 0.6 is 0 Å². The molecule has 3 heterocycles. The van der Waals surface area contributed by atoms with E-state index in [1.807, 2.05) is 16.4 Å². The fourth-order valence-corrected chi connectivity index (χ4v) is 3.51. The molecule has 0 N–H and O–H groups in total. The third-order valence-corrected chi connectivity index (χ3v) is 4.64. The van der Waals surface area contributed by atoms with Crippen LogP contribution in [0.5, 0.6) is 0 Å². The monoisotopic (exact) mass is 287 g/mol. The first-order valence-corrected chi connectivity index (χ1v) is 7.87. The van der Waals surface area contributed by atoms with Crippen LogP contribution in [0.3, 0.4) is 0 Å². The molecule has 1 aliphatic carbocycles. The zero-order valence-corrected chi connectivity index (χ0v) is 12.5. The summed E-state index contributed by atoms with van der Waals surface area (Å²) in [5.41, 5.74) is 4.74. The standard InChI is InChI=1S/C15H21N5O/c1-19-15(12-4-2-3-5-13(12)17-19)14-10-20(18-16-14)11-6-8-21-9-7-11/h10-11H,2-9H2,1H3. The molecule has 0 aromatic carbocycles. The Bertz CT molecular complexity index is 639. The first kappa shape index (κ1) is 13.0. The van der Waals surface area contributed by atoms with Gasteiger partial charge < -0.3 is 4.74 Å². The zero-order valence-electron chi connectivity index (χ0n) is 12.5. The van der Waals surface area contributed by atoms with Crippen LogP contribution in [-0.2, 0) is 24.6 Å². The Hall–Kier alpha value is -1.69. The average molecular weight is 287 g/mol. The van der Waals surface area contributed by atoms with Gasteiger partial charge in [0.25, 0.3) is 0 Å². The molecular weight excluding hydrogens is 266 g/mol. The molecule has 0 unspecified atom stereocenters. The van der Waals surface area contributed by atoms with Crippen molar-refractivity contribution in [1.82, 2.24) is 24.8 Å². The second-order valence-corrected chi connectivity index (χ2v) is 6.03. The first-order valence-electron chi connectivity index (χ1n) is 7.87. The van der Waals surface area contributed by atoms with Gasteiger partial charge in [0.05, 0.1) is 23.6 Å². The number of hydrogen-bond acceptors (Lipinski definition) is 4. The van der Waals surface area contributed by atoms with Crippen LogP contribution in [0.25, 0.3) is 11.4 Å². The molecule has 0 bridgehead atoms. The van der Waals surface area contributed by atoms with E-state index in [0.717, 1.165) is 50.3 Å². The van der Waals surface area contributed by atoms with Crippen LogP contribution in [0.4, 0.5) is 0 Å². The second-order valence-electron chi connectivity index (χ2n) is 6.03. The quantitative estimate of drug-likeness (QED) is 0.846. The van der Waals surface area contributed by atoms with Gasteiger partial charge in [0.15, 0.2) is 0 Å². The Balaban J connectivity index is 1.68. The van der Waals surface area contributed by atoms with Gasteiger partial charge in [-0.2, -0.15) is 5.10 Å². The molecule has 6 nitrogen and oxygen atoms in total. The van der Waals surface area contributed by atoms with Gasteiger partial charge in [-0.25, -0.2) is 4.68 Å². The SMILES string of the molecule is Cn1nc2c(c1-c1cn(C3CCOCC3)nn1)CCCC2. The largest absolute Gasteiger partial charge is 0.381 e. The van der Waals surface area contributed by atoms with E-state index in [4.69, 9.17) is 4.74 Å². The van der Waals surface area contributed by atoms with Gasteiger partial charge in [0.1, 0.15) is 5.69 Å². The summed E-state index contributed by atoms with van der Waals surface area (Å²) in [5.74, 6) is 0. The zero-order chi connectivity index (χ0) is 14.2. The summed E-state index contributed by atoms with van der Waals surface area (Å²) < 4.78 is 9.41. The third kappa shape index (κ3) is 2.27. The van der Waals surface area contributed by atoms with Gasteiger partial charge >= 0.3 is 0 Å². The van der Waals surface area contributed by atoms with E-state index < -0.39 is 0 Å². The topological polar surface area (TPSA) is 57.8 Å². The van der Waals surface area contributed by atoms with Crippen molar-refractivity contribution in [1.29, 1.82) is 0 Å². The number of rotatable bonds is 2. The van der Waals surface area contributed by atoms with Crippen LogP contribution in [0.15, 0.2) is 6.20 Å². The van der Waals surface area contributed by atoms with Crippen LogP contribution in [0.1, 0.15) is 43.0 Å². The predicted octanol–water partition coefficient (Wildman–Crippen LogP) is 1.91. The Morgan fingerprint density at radius 1 is 1.19 bits per heavy atom. The van der Waals surface area contributed by atoms with Crippen molar-refractivity contribution in [3.8, 4) is 11.4 Å². The summed E-state index contributed by atoms with van der Waals surface area (Å²) in [6.45, 7) is 1.64. The van der Waals surface area contributed by atoms with Gasteiger partial charge in [0.2, 0.25) is 0 Å². The lowest BCUT2D eigenvalue weighted by Crippen LogP contribution is -2.19. The maximum Gasteiger partial charge on any atom is 0.131 e. The molecule has 0 radical (unpaired) electrons. The predicted molar refractivity (Wildman–Crippen MR) is 78.0 cm³/mol. The highest BCUT2D eigenvalue weighted by Crippen LogP contribution is 2.30. The second kappa shape index (κ2) is 5.26. The Labute approximate surface area is 124 Å². The van der Waals surface area contributed by atoms with Crippen LogP contribution in [-0.4, -0.2) is 38.0 Å². The van der Waals surface area contributed by atoms with Crippen molar-refractivity contribution < 1.29 is 4.74 Å². The molecule has 1 aliphatic heterocycles. The fourth-order valence-electron chi connectivity index (χ4n) is 3.51. The van der Waals surface area contributed by atoms with Crippen molar-refractivity contribution >= 4 is 0 Å². The number of nitrogens with zero attached hydrogens (tertiary/aromatic N) is 5. The van der Waals surface area contributed by atoms with E-state index in [9.17, 15) is 0 Å². The molecule has 2 aromatic rings. The minimum atomic E-state index is 0.420. The van der Waals surface area contributed by atoms with E-state index in [0.29, 0.717) is 6.04 Å². The molecule has 2 aromatic heterocycles. The highest BCUT2D eigenvalue weighted by molar-refractivity contribution is 5.60. The molecule has 6 heteroatoms. The average Bonchev–Trinajstić information content (AvgIpc) is 3.11. The summed E-state index contributed by atoms with van der Waals surface area (Å²) in [7, 11) is 2.02. The number of aryl methyl sites for hydroxylation is 2. The lowest BCUT2D eigenvalue weighted by molar-refractivity contribution is 0.0657. The summed E-state index contributed by atoms with van der Waals surface area (Å²) in [6, 6.07) is 0.420. The summed E-state index contributed by atoms with van der Waals surface area (Å²) in [6.07, 6.45) is 8.83. The van der Waals surface area contributed by atoms with Gasteiger partial charge in [0, 0.05) is 25.8 Å². The number of hydrogen-bond donors (Lipinski definition) is 0.